The molecule has 2 heterocycles. The monoisotopic (exact) mass is 478 g/mol. The van der Waals surface area contributed by atoms with Crippen molar-refractivity contribution in [1.29, 1.82) is 0 Å². The minimum atomic E-state index is -4.49. The van der Waals surface area contributed by atoms with Gasteiger partial charge in [-0.2, -0.15) is 13.2 Å². The van der Waals surface area contributed by atoms with Gasteiger partial charge in [0, 0.05) is 25.9 Å². The third kappa shape index (κ3) is 5.12. The summed E-state index contributed by atoms with van der Waals surface area (Å²) in [6.07, 6.45) is 1.95. The molecule has 1 aromatic carbocycles. The van der Waals surface area contributed by atoms with Crippen LogP contribution in [0.3, 0.4) is 0 Å². The van der Waals surface area contributed by atoms with Gasteiger partial charge in [-0.1, -0.05) is 0 Å². The van der Waals surface area contributed by atoms with Crippen molar-refractivity contribution in [2.24, 2.45) is 11.8 Å². The van der Waals surface area contributed by atoms with Crippen LogP contribution in [0.1, 0.15) is 45.5 Å². The van der Waals surface area contributed by atoms with Crippen molar-refractivity contribution < 1.29 is 24.4 Å². The van der Waals surface area contributed by atoms with Crippen molar-refractivity contribution >= 4 is 22.6 Å². The summed E-state index contributed by atoms with van der Waals surface area (Å²) in [6.45, 7) is 1.05. The molecule has 3 aliphatic rings. The van der Waals surface area contributed by atoms with E-state index in [0.717, 1.165) is 50.7 Å². The first-order valence-electron chi connectivity index (χ1n) is 12.4. The lowest BCUT2D eigenvalue weighted by Crippen LogP contribution is -2.63. The number of benzene rings is 1. The van der Waals surface area contributed by atoms with Gasteiger partial charge in [0.15, 0.2) is 0 Å². The standard InChI is InChI=1S/C24H30F3N5O2/c25-24(26,27)16-5-8-20-19(9-16)23(30-13-29-20)28-10-21(33)31-17-11-32(12-17)18-6-3-15(4-7-18)22(34)14-1-2-14/h5,8-9,13-15,17-18,22,34H,1-4,6-7,10-12H2,(H,31,33)(H,28,29,30)/t15-,18-,22-/m1/s1/i18D. The van der Waals surface area contributed by atoms with Crippen LogP contribution >= 0.6 is 0 Å². The number of likely N-dealkylation sites (tertiary alicyclic amines) is 1. The van der Waals surface area contributed by atoms with Gasteiger partial charge in [0.1, 0.15) is 12.1 Å². The highest BCUT2D eigenvalue weighted by atomic mass is 19.4. The second kappa shape index (κ2) is 9.30. The highest BCUT2D eigenvalue weighted by Gasteiger charge is 2.40. The Hall–Kier alpha value is -2.46. The first-order valence-corrected chi connectivity index (χ1v) is 11.9. The van der Waals surface area contributed by atoms with E-state index >= 15 is 0 Å². The normalized spacial score (nSPS) is 27.6. The van der Waals surface area contributed by atoms with Gasteiger partial charge < -0.3 is 15.7 Å². The molecule has 0 radical (unpaired) electrons. The molecule has 10 heteroatoms. The zero-order valence-corrected chi connectivity index (χ0v) is 18.8. The molecular weight excluding hydrogens is 447 g/mol. The van der Waals surface area contributed by atoms with Gasteiger partial charge in [0.05, 0.1) is 29.8 Å². The number of nitrogens with zero attached hydrogens (tertiary/aromatic N) is 3. The molecular formula is C24H30F3N5O2. The molecule has 1 saturated heterocycles. The molecule has 0 unspecified atom stereocenters. The average Bonchev–Trinajstić information content (AvgIpc) is 3.64. The van der Waals surface area contributed by atoms with Crippen LogP contribution in [0.5, 0.6) is 0 Å². The number of aromatic nitrogens is 2. The van der Waals surface area contributed by atoms with E-state index < -0.39 is 17.8 Å². The van der Waals surface area contributed by atoms with Crippen molar-refractivity contribution in [2.75, 3.05) is 25.0 Å². The first-order chi connectivity index (χ1) is 16.6. The number of rotatable bonds is 7. The predicted molar refractivity (Wildman–Crippen MR) is 121 cm³/mol. The van der Waals surface area contributed by atoms with Crippen LogP contribution in [0.15, 0.2) is 24.5 Å². The summed E-state index contributed by atoms with van der Waals surface area (Å²) in [5.41, 5.74) is -0.451. The van der Waals surface area contributed by atoms with Crippen LogP contribution in [0.4, 0.5) is 19.0 Å². The SMILES string of the molecule is [2H][C@]1(N2CC(NC(=O)CNc3ncnc4ccc(C(F)(F)F)cc34)C2)CC[C@H]([C@H](O)C2CC2)CC1. The van der Waals surface area contributed by atoms with Crippen molar-refractivity contribution in [3.63, 3.8) is 0 Å². The van der Waals surface area contributed by atoms with E-state index in [9.17, 15) is 23.1 Å². The molecule has 2 saturated carbocycles. The minimum Gasteiger partial charge on any atom is -0.393 e. The Morgan fingerprint density at radius 3 is 2.47 bits per heavy atom. The van der Waals surface area contributed by atoms with Crippen LogP contribution in [-0.2, 0) is 11.0 Å². The number of amides is 1. The van der Waals surface area contributed by atoms with E-state index in [1.165, 1.54) is 12.4 Å². The third-order valence-electron chi connectivity index (χ3n) is 7.27. The van der Waals surface area contributed by atoms with Crippen LogP contribution < -0.4 is 10.6 Å². The molecule has 3 fully saturated rings. The first kappa shape index (κ1) is 22.0. The van der Waals surface area contributed by atoms with Crippen molar-refractivity contribution in [3.05, 3.63) is 30.1 Å². The number of hydrogen-bond acceptors (Lipinski definition) is 6. The second-order valence-corrected chi connectivity index (χ2v) is 9.71. The molecule has 1 aromatic heterocycles. The number of alkyl halides is 3. The van der Waals surface area contributed by atoms with Gasteiger partial charge in [-0.05, 0) is 68.6 Å². The molecule has 3 N–H and O–H groups in total. The number of anilines is 1. The Balaban J connectivity index is 1.10. The lowest BCUT2D eigenvalue weighted by Gasteiger charge is -2.47. The molecule has 1 amide bonds. The number of nitrogens with one attached hydrogen (secondary N) is 2. The fourth-order valence-corrected chi connectivity index (χ4v) is 5.10. The number of carbonyl (C=O) groups excluding carboxylic acids is 1. The Morgan fingerprint density at radius 1 is 1.15 bits per heavy atom. The van der Waals surface area contributed by atoms with Crippen LogP contribution in [0.2, 0.25) is 0 Å². The van der Waals surface area contributed by atoms with Gasteiger partial charge in [-0.3, -0.25) is 9.69 Å². The Bertz CT molecular complexity index is 1080. The number of carbonyl (C=O) groups is 1. The van der Waals surface area contributed by atoms with Crippen molar-refractivity contribution in [2.45, 2.75) is 62.9 Å². The lowest BCUT2D eigenvalue weighted by molar-refractivity contribution is -0.137. The molecule has 2 aliphatic carbocycles. The summed E-state index contributed by atoms with van der Waals surface area (Å²) in [5.74, 6) is 0.641. The molecule has 7 nitrogen and oxygen atoms in total. The third-order valence-corrected chi connectivity index (χ3v) is 7.27. The average molecular weight is 479 g/mol. The fourth-order valence-electron chi connectivity index (χ4n) is 5.10. The van der Waals surface area contributed by atoms with E-state index in [1.807, 2.05) is 0 Å². The summed E-state index contributed by atoms with van der Waals surface area (Å²) in [7, 11) is 0. The Kier molecular flexibility index (Phi) is 6.02. The summed E-state index contributed by atoms with van der Waals surface area (Å²) in [4.78, 5) is 22.5. The van der Waals surface area contributed by atoms with Crippen LogP contribution in [0.25, 0.3) is 10.9 Å². The second-order valence-electron chi connectivity index (χ2n) is 9.71. The summed E-state index contributed by atoms with van der Waals surface area (Å²) < 4.78 is 48.1. The Morgan fingerprint density at radius 2 is 1.82 bits per heavy atom. The molecule has 184 valence electrons. The topological polar surface area (TPSA) is 90.4 Å². The lowest BCUT2D eigenvalue weighted by atomic mass is 9.80. The zero-order valence-electron chi connectivity index (χ0n) is 19.8. The van der Waals surface area contributed by atoms with Gasteiger partial charge in [-0.15, -0.1) is 0 Å². The van der Waals surface area contributed by atoms with E-state index in [4.69, 9.17) is 1.37 Å². The van der Waals surface area contributed by atoms with Crippen molar-refractivity contribution in [1.82, 2.24) is 20.2 Å². The molecule has 1 aliphatic heterocycles. The number of fused-ring (bicyclic) bond motifs is 1. The fraction of sp³-hybridized carbons (Fsp3) is 0.625. The molecule has 0 bridgehead atoms. The maximum Gasteiger partial charge on any atom is 0.416 e. The number of aliphatic hydroxyl groups excluding tert-OH is 1. The highest BCUT2D eigenvalue weighted by Crippen LogP contribution is 2.41. The molecule has 2 aromatic rings. The van der Waals surface area contributed by atoms with Crippen LogP contribution in [-0.4, -0.2) is 63.7 Å². The highest BCUT2D eigenvalue weighted by molar-refractivity contribution is 5.91. The quantitative estimate of drug-likeness (QED) is 0.566. The number of halogens is 3. The zero-order chi connectivity index (χ0) is 24.8. The maximum atomic E-state index is 13.1. The molecule has 34 heavy (non-hydrogen) atoms. The van der Waals surface area contributed by atoms with Gasteiger partial charge >= 0.3 is 6.18 Å². The van der Waals surface area contributed by atoms with Crippen LogP contribution in [0, 0.1) is 11.8 Å². The molecule has 1 atom stereocenters. The summed E-state index contributed by atoms with van der Waals surface area (Å²) >= 11 is 0. The molecule has 0 spiro atoms. The van der Waals surface area contributed by atoms with Gasteiger partial charge in [-0.25, -0.2) is 9.97 Å². The Labute approximate surface area is 197 Å². The molecule has 5 rings (SSSR count). The predicted octanol–water partition coefficient (Wildman–Crippen LogP) is 3.19. The van der Waals surface area contributed by atoms with E-state index in [1.54, 1.807) is 0 Å². The summed E-state index contributed by atoms with van der Waals surface area (Å²) in [6, 6.07) is 2.51. The minimum absolute atomic E-state index is 0.0692. The maximum absolute atomic E-state index is 13.1. The number of aliphatic hydroxyl groups is 1. The van der Waals surface area contributed by atoms with Crippen molar-refractivity contribution in [3.8, 4) is 0 Å². The smallest absolute Gasteiger partial charge is 0.393 e. The number of hydrogen-bond donors (Lipinski definition) is 3. The largest absolute Gasteiger partial charge is 0.416 e. The van der Waals surface area contributed by atoms with Gasteiger partial charge in [0.25, 0.3) is 0 Å². The van der Waals surface area contributed by atoms with E-state index in [-0.39, 0.29) is 35.8 Å². The summed E-state index contributed by atoms with van der Waals surface area (Å²) in [5, 5.41) is 16.3. The van der Waals surface area contributed by atoms with E-state index in [2.05, 4.69) is 25.5 Å². The van der Waals surface area contributed by atoms with Gasteiger partial charge in [0.2, 0.25) is 5.91 Å². The van der Waals surface area contributed by atoms with E-state index in [0.29, 0.717) is 30.4 Å².